The summed E-state index contributed by atoms with van der Waals surface area (Å²) in [7, 11) is 0. The summed E-state index contributed by atoms with van der Waals surface area (Å²) in [6.45, 7) is 1.71. The number of nitrogens with one attached hydrogen (secondary N) is 2. The second-order valence-corrected chi connectivity index (χ2v) is 8.14. The lowest BCUT2D eigenvalue weighted by Gasteiger charge is -2.12. The summed E-state index contributed by atoms with van der Waals surface area (Å²) in [5, 5.41) is 1.07. The molecule has 0 spiro atoms. The Labute approximate surface area is 200 Å². The molecule has 0 aliphatic rings. The van der Waals surface area contributed by atoms with Crippen LogP contribution in [0.15, 0.2) is 90.0 Å². The highest BCUT2D eigenvalue weighted by molar-refractivity contribution is 6.07. The van der Waals surface area contributed by atoms with Crippen molar-refractivity contribution in [1.29, 1.82) is 0 Å². The number of hydrogen-bond donors (Lipinski definition) is 2. The highest BCUT2D eigenvalue weighted by Crippen LogP contribution is 2.25. The van der Waals surface area contributed by atoms with Crippen LogP contribution in [0.5, 0.6) is 0 Å². The van der Waals surface area contributed by atoms with E-state index in [1.54, 1.807) is 36.4 Å². The van der Waals surface area contributed by atoms with Gasteiger partial charge in [0.25, 0.3) is 17.4 Å². The number of nitrogens with zero attached hydrogens (tertiary/aromatic N) is 3. The van der Waals surface area contributed by atoms with Gasteiger partial charge in [0.1, 0.15) is 6.54 Å². The molecule has 35 heavy (non-hydrogen) atoms. The maximum Gasteiger partial charge on any atom is 0.270 e. The average molecular weight is 463 g/mol. The van der Waals surface area contributed by atoms with Crippen LogP contribution in [0.1, 0.15) is 15.9 Å². The second kappa shape index (κ2) is 9.18. The first-order valence-corrected chi connectivity index (χ1v) is 11.0. The lowest BCUT2D eigenvalue weighted by Crippen LogP contribution is -2.44. The number of hydrazine groups is 1. The van der Waals surface area contributed by atoms with Gasteiger partial charge >= 0.3 is 0 Å². The van der Waals surface area contributed by atoms with Gasteiger partial charge < -0.3 is 0 Å². The van der Waals surface area contributed by atoms with Crippen molar-refractivity contribution in [3.63, 3.8) is 0 Å². The zero-order valence-electron chi connectivity index (χ0n) is 18.9. The Balaban J connectivity index is 1.37. The Kier molecular flexibility index (Phi) is 5.76. The van der Waals surface area contributed by atoms with Crippen LogP contribution in [0.25, 0.3) is 33.1 Å². The van der Waals surface area contributed by atoms with Crippen molar-refractivity contribution in [2.45, 2.75) is 13.5 Å². The summed E-state index contributed by atoms with van der Waals surface area (Å²) in [5.41, 5.74) is 8.74. The molecule has 8 heteroatoms. The normalized spacial score (nSPS) is 10.9. The summed E-state index contributed by atoms with van der Waals surface area (Å²) in [6.07, 6.45) is 1.32. The summed E-state index contributed by atoms with van der Waals surface area (Å²) in [5.74, 6) is -1.05. The number of carbonyl (C=O) groups is 2. The Morgan fingerprint density at radius 1 is 0.857 bits per heavy atom. The molecule has 2 aromatic heterocycles. The summed E-state index contributed by atoms with van der Waals surface area (Å²) >= 11 is 0. The zero-order chi connectivity index (χ0) is 24.4. The Morgan fingerprint density at radius 3 is 2.31 bits per heavy atom. The van der Waals surface area contributed by atoms with E-state index in [1.807, 2.05) is 49.4 Å². The van der Waals surface area contributed by atoms with Gasteiger partial charge in [-0.2, -0.15) is 0 Å². The molecule has 2 amide bonds. The first-order valence-electron chi connectivity index (χ1n) is 11.0. The molecule has 0 saturated carbocycles. The molecule has 3 aromatic carbocycles. The van der Waals surface area contributed by atoms with E-state index in [0.717, 1.165) is 11.1 Å². The number of fused-ring (bicyclic) bond motifs is 2. The highest BCUT2D eigenvalue weighted by Gasteiger charge is 2.15. The van der Waals surface area contributed by atoms with Crippen LogP contribution in [0.2, 0.25) is 0 Å². The van der Waals surface area contributed by atoms with E-state index < -0.39 is 11.8 Å². The van der Waals surface area contributed by atoms with E-state index in [0.29, 0.717) is 33.1 Å². The second-order valence-electron chi connectivity index (χ2n) is 8.14. The van der Waals surface area contributed by atoms with Gasteiger partial charge in [0, 0.05) is 10.9 Å². The molecule has 0 radical (unpaired) electrons. The third kappa shape index (κ3) is 4.49. The van der Waals surface area contributed by atoms with Gasteiger partial charge in [-0.1, -0.05) is 60.2 Å². The highest BCUT2D eigenvalue weighted by atomic mass is 16.2. The predicted octanol–water partition coefficient (Wildman–Crippen LogP) is 3.38. The first-order chi connectivity index (χ1) is 17.0. The van der Waals surface area contributed by atoms with Crippen LogP contribution in [0, 0.1) is 6.92 Å². The quantitative estimate of drug-likeness (QED) is 0.398. The Hall–Kier alpha value is -4.85. The van der Waals surface area contributed by atoms with Crippen molar-refractivity contribution in [3.8, 4) is 11.3 Å². The molecule has 5 aromatic rings. The van der Waals surface area contributed by atoms with Gasteiger partial charge in [0.05, 0.1) is 34.0 Å². The van der Waals surface area contributed by atoms with E-state index in [9.17, 15) is 14.4 Å². The van der Waals surface area contributed by atoms with Gasteiger partial charge in [0.2, 0.25) is 0 Å². The minimum atomic E-state index is -0.561. The molecular formula is C27H21N5O3. The maximum absolute atomic E-state index is 13.1. The third-order valence-electron chi connectivity index (χ3n) is 5.67. The van der Waals surface area contributed by atoms with Crippen molar-refractivity contribution < 1.29 is 9.59 Å². The SMILES string of the molecule is Cc1ccc(-c2cc(C(=O)NNC(=O)Cn3cnc4ccccc4c3=O)c3ccccc3n2)cc1. The molecule has 5 rings (SSSR count). The van der Waals surface area contributed by atoms with E-state index in [2.05, 4.69) is 15.8 Å². The van der Waals surface area contributed by atoms with Crippen LogP contribution in [-0.4, -0.2) is 26.3 Å². The molecule has 0 aliphatic carbocycles. The lowest BCUT2D eigenvalue weighted by molar-refractivity contribution is -0.122. The maximum atomic E-state index is 13.1. The van der Waals surface area contributed by atoms with Crippen molar-refractivity contribution in [2.24, 2.45) is 0 Å². The van der Waals surface area contributed by atoms with Crippen LogP contribution < -0.4 is 16.4 Å². The van der Waals surface area contributed by atoms with Gasteiger partial charge in [-0.15, -0.1) is 0 Å². The average Bonchev–Trinajstić information content (AvgIpc) is 2.89. The monoisotopic (exact) mass is 463 g/mol. The number of amides is 2. The van der Waals surface area contributed by atoms with Gasteiger partial charge in [-0.3, -0.25) is 29.8 Å². The molecule has 0 unspecified atom stereocenters. The largest absolute Gasteiger partial charge is 0.289 e. The van der Waals surface area contributed by atoms with Crippen molar-refractivity contribution >= 4 is 33.6 Å². The van der Waals surface area contributed by atoms with Crippen LogP contribution in [-0.2, 0) is 11.3 Å². The number of benzene rings is 3. The molecular weight excluding hydrogens is 442 g/mol. The van der Waals surface area contributed by atoms with E-state index in [4.69, 9.17) is 4.98 Å². The molecule has 0 saturated heterocycles. The molecule has 8 nitrogen and oxygen atoms in total. The number of rotatable bonds is 4. The fourth-order valence-electron chi connectivity index (χ4n) is 3.84. The smallest absolute Gasteiger partial charge is 0.270 e. The minimum Gasteiger partial charge on any atom is -0.289 e. The third-order valence-corrected chi connectivity index (χ3v) is 5.67. The number of pyridine rings is 1. The molecule has 2 heterocycles. The number of para-hydroxylation sites is 2. The molecule has 0 bridgehead atoms. The predicted molar refractivity (Wildman–Crippen MR) is 134 cm³/mol. The van der Waals surface area contributed by atoms with Crippen molar-refractivity contribution in [1.82, 2.24) is 25.4 Å². The molecule has 2 N–H and O–H groups in total. The molecule has 0 atom stereocenters. The number of aromatic nitrogens is 3. The lowest BCUT2D eigenvalue weighted by atomic mass is 10.0. The number of carbonyl (C=O) groups excluding carboxylic acids is 2. The minimum absolute atomic E-state index is 0.289. The topological polar surface area (TPSA) is 106 Å². The van der Waals surface area contributed by atoms with E-state index in [-0.39, 0.29) is 12.1 Å². The molecule has 0 aliphatic heterocycles. The van der Waals surface area contributed by atoms with Crippen molar-refractivity contribution in [3.05, 3.63) is 107 Å². The first kappa shape index (κ1) is 22.0. The molecule has 172 valence electrons. The number of aryl methyl sites for hydroxylation is 1. The van der Waals surface area contributed by atoms with Gasteiger partial charge in [-0.25, -0.2) is 9.97 Å². The standard InChI is InChI=1S/C27H21N5O3/c1-17-10-12-18(13-11-17)24-14-21(19-6-2-5-9-23(19)29-24)26(34)31-30-25(33)15-32-16-28-22-8-4-3-7-20(22)27(32)35/h2-14,16H,15H2,1H3,(H,30,33)(H,31,34). The Morgan fingerprint density at radius 2 is 1.54 bits per heavy atom. The van der Waals surface area contributed by atoms with Crippen LogP contribution >= 0.6 is 0 Å². The summed E-state index contributed by atoms with van der Waals surface area (Å²) in [4.78, 5) is 47.1. The fraction of sp³-hybridized carbons (Fsp3) is 0.0741. The summed E-state index contributed by atoms with van der Waals surface area (Å²) in [6, 6.07) is 23.8. The number of hydrogen-bond acceptors (Lipinski definition) is 5. The van der Waals surface area contributed by atoms with Crippen LogP contribution in [0.3, 0.4) is 0 Å². The van der Waals surface area contributed by atoms with Gasteiger partial charge in [-0.05, 0) is 31.2 Å². The summed E-state index contributed by atoms with van der Waals surface area (Å²) < 4.78 is 1.20. The van der Waals surface area contributed by atoms with Crippen LogP contribution in [0.4, 0.5) is 0 Å². The Bertz CT molecular complexity index is 1640. The molecule has 0 fully saturated rings. The zero-order valence-corrected chi connectivity index (χ0v) is 18.9. The van der Waals surface area contributed by atoms with E-state index >= 15 is 0 Å². The van der Waals surface area contributed by atoms with Gasteiger partial charge in [0.15, 0.2) is 0 Å². The fourth-order valence-corrected chi connectivity index (χ4v) is 3.84. The van der Waals surface area contributed by atoms with Crippen molar-refractivity contribution in [2.75, 3.05) is 0 Å². The van der Waals surface area contributed by atoms with E-state index in [1.165, 1.54) is 10.9 Å².